The number of nitrogens with zero attached hydrogens (tertiary/aromatic N) is 2. The van der Waals surface area contributed by atoms with E-state index in [0.717, 1.165) is 24.8 Å². The molecule has 0 radical (unpaired) electrons. The molecule has 1 aromatic rings. The Morgan fingerprint density at radius 3 is 2.37 bits per heavy atom. The van der Waals surface area contributed by atoms with E-state index in [-0.39, 0.29) is 0 Å². The maximum atomic E-state index is 4.57. The number of aromatic nitrogens is 2. The summed E-state index contributed by atoms with van der Waals surface area (Å²) in [6.45, 7) is 8.70. The molecule has 0 spiro atoms. The van der Waals surface area contributed by atoms with Crippen LogP contribution in [0.4, 0.5) is 0 Å². The highest BCUT2D eigenvalue weighted by atomic mass is 14.9. The molecule has 3 heteroatoms. The van der Waals surface area contributed by atoms with Crippen LogP contribution in [0.5, 0.6) is 0 Å². The van der Waals surface area contributed by atoms with Crippen LogP contribution in [0.1, 0.15) is 63.8 Å². The molecule has 0 unspecified atom stereocenters. The van der Waals surface area contributed by atoms with Gasteiger partial charge in [0.25, 0.3) is 0 Å². The first-order chi connectivity index (χ1) is 9.15. The molecule has 1 N–H and O–H groups in total. The van der Waals surface area contributed by atoms with Gasteiger partial charge in [-0.3, -0.25) is 0 Å². The maximum Gasteiger partial charge on any atom is 0.131 e. The molecule has 3 nitrogen and oxygen atoms in total. The van der Waals surface area contributed by atoms with Gasteiger partial charge in [-0.25, -0.2) is 9.97 Å². The molecule has 0 aromatic carbocycles. The first-order valence-electron chi connectivity index (χ1n) is 7.66. The van der Waals surface area contributed by atoms with Gasteiger partial charge in [-0.05, 0) is 31.2 Å². The maximum absolute atomic E-state index is 4.57. The molecule has 1 saturated carbocycles. The zero-order chi connectivity index (χ0) is 13.7. The molecule has 1 aliphatic carbocycles. The lowest BCUT2D eigenvalue weighted by Crippen LogP contribution is -2.19. The van der Waals surface area contributed by atoms with E-state index in [9.17, 15) is 0 Å². The molecular weight excluding hydrogens is 234 g/mol. The Morgan fingerprint density at radius 2 is 1.79 bits per heavy atom. The SMILES string of the molecule is CC(C)CNCc1cnc(C2CCC(C)CC2)nc1. The predicted octanol–water partition coefficient (Wildman–Crippen LogP) is 3.52. The van der Waals surface area contributed by atoms with Crippen molar-refractivity contribution in [3.8, 4) is 0 Å². The van der Waals surface area contributed by atoms with Crippen molar-refractivity contribution in [3.05, 3.63) is 23.8 Å². The largest absolute Gasteiger partial charge is 0.312 e. The Balaban J connectivity index is 1.84. The Labute approximate surface area is 117 Å². The molecule has 0 saturated heterocycles. The van der Waals surface area contributed by atoms with Gasteiger partial charge < -0.3 is 5.32 Å². The Hall–Kier alpha value is -0.960. The second kappa shape index (κ2) is 6.99. The quantitative estimate of drug-likeness (QED) is 0.881. The summed E-state index contributed by atoms with van der Waals surface area (Å²) in [7, 11) is 0. The third-order valence-electron chi connectivity index (χ3n) is 3.99. The highest BCUT2D eigenvalue weighted by Crippen LogP contribution is 2.33. The average molecular weight is 261 g/mol. The third kappa shape index (κ3) is 4.57. The van der Waals surface area contributed by atoms with E-state index in [2.05, 4.69) is 36.1 Å². The third-order valence-corrected chi connectivity index (χ3v) is 3.99. The van der Waals surface area contributed by atoms with E-state index >= 15 is 0 Å². The van der Waals surface area contributed by atoms with Crippen LogP contribution in [0, 0.1) is 11.8 Å². The van der Waals surface area contributed by atoms with Crippen molar-refractivity contribution < 1.29 is 0 Å². The summed E-state index contributed by atoms with van der Waals surface area (Å²) in [6, 6.07) is 0. The van der Waals surface area contributed by atoms with Crippen molar-refractivity contribution in [1.82, 2.24) is 15.3 Å². The highest BCUT2D eigenvalue weighted by Gasteiger charge is 2.21. The lowest BCUT2D eigenvalue weighted by Gasteiger charge is -2.24. The van der Waals surface area contributed by atoms with Crippen molar-refractivity contribution >= 4 is 0 Å². The predicted molar refractivity (Wildman–Crippen MR) is 78.9 cm³/mol. The summed E-state index contributed by atoms with van der Waals surface area (Å²) in [5.74, 6) is 3.22. The average Bonchev–Trinajstić information content (AvgIpc) is 2.40. The van der Waals surface area contributed by atoms with Crippen molar-refractivity contribution in [2.45, 2.75) is 58.9 Å². The van der Waals surface area contributed by atoms with Crippen molar-refractivity contribution in [1.29, 1.82) is 0 Å². The summed E-state index contributed by atoms with van der Waals surface area (Å²) < 4.78 is 0. The van der Waals surface area contributed by atoms with E-state index in [0.29, 0.717) is 11.8 Å². The molecule has 1 heterocycles. The van der Waals surface area contributed by atoms with Crippen LogP contribution in [0.15, 0.2) is 12.4 Å². The summed E-state index contributed by atoms with van der Waals surface area (Å²) in [4.78, 5) is 9.15. The first kappa shape index (κ1) is 14.4. The lowest BCUT2D eigenvalue weighted by atomic mass is 9.82. The summed E-state index contributed by atoms with van der Waals surface area (Å²) >= 11 is 0. The van der Waals surface area contributed by atoms with Gasteiger partial charge in [-0.1, -0.05) is 33.6 Å². The normalized spacial score (nSPS) is 23.8. The molecule has 0 atom stereocenters. The van der Waals surface area contributed by atoms with Gasteiger partial charge in [0.05, 0.1) is 0 Å². The smallest absolute Gasteiger partial charge is 0.131 e. The van der Waals surface area contributed by atoms with Crippen molar-refractivity contribution in [2.24, 2.45) is 11.8 Å². The van der Waals surface area contributed by atoms with Crippen LogP contribution in [-0.4, -0.2) is 16.5 Å². The standard InChI is InChI=1S/C16H27N3/c1-12(2)8-17-9-14-10-18-16(19-11-14)15-6-4-13(3)5-7-15/h10-13,15,17H,4-9H2,1-3H3. The molecule has 0 aliphatic heterocycles. The minimum Gasteiger partial charge on any atom is -0.312 e. The van der Waals surface area contributed by atoms with E-state index in [1.807, 2.05) is 12.4 Å². The van der Waals surface area contributed by atoms with Gasteiger partial charge in [-0.2, -0.15) is 0 Å². The first-order valence-corrected chi connectivity index (χ1v) is 7.66. The lowest BCUT2D eigenvalue weighted by molar-refractivity contribution is 0.339. The van der Waals surface area contributed by atoms with Gasteiger partial charge >= 0.3 is 0 Å². The number of hydrogen-bond donors (Lipinski definition) is 1. The monoisotopic (exact) mass is 261 g/mol. The van der Waals surface area contributed by atoms with Crippen LogP contribution in [0.3, 0.4) is 0 Å². The minimum atomic E-state index is 0.592. The topological polar surface area (TPSA) is 37.8 Å². The molecule has 2 rings (SSSR count). The Morgan fingerprint density at radius 1 is 1.16 bits per heavy atom. The Kier molecular flexibility index (Phi) is 5.32. The van der Waals surface area contributed by atoms with E-state index < -0.39 is 0 Å². The molecule has 1 fully saturated rings. The van der Waals surface area contributed by atoms with Crippen LogP contribution >= 0.6 is 0 Å². The second-order valence-corrected chi connectivity index (χ2v) is 6.43. The fourth-order valence-electron chi connectivity index (χ4n) is 2.69. The molecule has 0 amide bonds. The highest BCUT2D eigenvalue weighted by molar-refractivity contribution is 5.08. The minimum absolute atomic E-state index is 0.592. The molecule has 19 heavy (non-hydrogen) atoms. The number of nitrogens with one attached hydrogen (secondary N) is 1. The van der Waals surface area contributed by atoms with Gasteiger partial charge in [0.2, 0.25) is 0 Å². The van der Waals surface area contributed by atoms with Gasteiger partial charge in [0.15, 0.2) is 0 Å². The van der Waals surface area contributed by atoms with E-state index in [4.69, 9.17) is 0 Å². The van der Waals surface area contributed by atoms with Gasteiger partial charge in [0, 0.05) is 30.4 Å². The van der Waals surface area contributed by atoms with Gasteiger partial charge in [0.1, 0.15) is 5.82 Å². The summed E-state index contributed by atoms with van der Waals surface area (Å²) in [5.41, 5.74) is 1.19. The zero-order valence-electron chi connectivity index (χ0n) is 12.5. The summed E-state index contributed by atoms with van der Waals surface area (Å²) in [5, 5.41) is 3.43. The van der Waals surface area contributed by atoms with Crippen molar-refractivity contribution in [2.75, 3.05) is 6.54 Å². The van der Waals surface area contributed by atoms with Crippen LogP contribution in [0.2, 0.25) is 0 Å². The van der Waals surface area contributed by atoms with Crippen LogP contribution in [0.25, 0.3) is 0 Å². The second-order valence-electron chi connectivity index (χ2n) is 6.43. The molecule has 0 bridgehead atoms. The molecule has 1 aliphatic rings. The van der Waals surface area contributed by atoms with Gasteiger partial charge in [-0.15, -0.1) is 0 Å². The molecule has 1 aromatic heterocycles. The number of hydrogen-bond acceptors (Lipinski definition) is 3. The number of rotatable bonds is 5. The van der Waals surface area contributed by atoms with Crippen LogP contribution in [-0.2, 0) is 6.54 Å². The van der Waals surface area contributed by atoms with E-state index in [1.54, 1.807) is 0 Å². The summed E-state index contributed by atoms with van der Waals surface area (Å²) in [6.07, 6.45) is 9.15. The van der Waals surface area contributed by atoms with Crippen LogP contribution < -0.4 is 5.32 Å². The fourth-order valence-corrected chi connectivity index (χ4v) is 2.69. The molecular formula is C16H27N3. The Bertz CT molecular complexity index is 364. The van der Waals surface area contributed by atoms with E-state index in [1.165, 1.54) is 31.2 Å². The fraction of sp³-hybridized carbons (Fsp3) is 0.750. The van der Waals surface area contributed by atoms with Crippen molar-refractivity contribution in [3.63, 3.8) is 0 Å². The molecule has 106 valence electrons. The zero-order valence-corrected chi connectivity index (χ0v) is 12.5.